The summed E-state index contributed by atoms with van der Waals surface area (Å²) < 4.78 is 24.2. The van der Waals surface area contributed by atoms with Crippen molar-refractivity contribution in [1.29, 1.82) is 0 Å². The van der Waals surface area contributed by atoms with Gasteiger partial charge in [-0.25, -0.2) is 13.6 Å². The summed E-state index contributed by atoms with van der Waals surface area (Å²) >= 11 is 0. The largest absolute Gasteiger partial charge is 0.321 e. The SMILES string of the molecule is Cc1ccc(NC(=O)c2cn(C)nn2)cc1S(N)(=O)=O. The molecule has 106 valence electrons. The highest BCUT2D eigenvalue weighted by molar-refractivity contribution is 7.89. The molecule has 9 heteroatoms. The first-order valence-electron chi connectivity index (χ1n) is 5.58. The lowest BCUT2D eigenvalue weighted by Gasteiger charge is -2.07. The van der Waals surface area contributed by atoms with Crippen LogP contribution in [0, 0.1) is 6.92 Å². The fourth-order valence-corrected chi connectivity index (χ4v) is 2.44. The Labute approximate surface area is 115 Å². The van der Waals surface area contributed by atoms with Crippen LogP contribution in [-0.4, -0.2) is 29.3 Å². The molecule has 0 aliphatic heterocycles. The van der Waals surface area contributed by atoms with Crippen molar-refractivity contribution in [3.63, 3.8) is 0 Å². The molecule has 1 aromatic heterocycles. The molecular formula is C11H13N5O3S. The van der Waals surface area contributed by atoms with Crippen molar-refractivity contribution >= 4 is 21.6 Å². The van der Waals surface area contributed by atoms with Crippen LogP contribution < -0.4 is 10.5 Å². The molecule has 1 amide bonds. The monoisotopic (exact) mass is 295 g/mol. The summed E-state index contributed by atoms with van der Waals surface area (Å²) in [6.07, 6.45) is 1.45. The van der Waals surface area contributed by atoms with Gasteiger partial charge in [-0.1, -0.05) is 11.3 Å². The van der Waals surface area contributed by atoms with Crippen molar-refractivity contribution in [1.82, 2.24) is 15.0 Å². The fraction of sp³-hybridized carbons (Fsp3) is 0.182. The second-order valence-corrected chi connectivity index (χ2v) is 5.79. The highest BCUT2D eigenvalue weighted by atomic mass is 32.2. The lowest BCUT2D eigenvalue weighted by molar-refractivity contribution is 0.102. The molecular weight excluding hydrogens is 282 g/mol. The van der Waals surface area contributed by atoms with E-state index in [0.29, 0.717) is 11.3 Å². The predicted molar refractivity (Wildman–Crippen MR) is 71.5 cm³/mol. The number of amides is 1. The Morgan fingerprint density at radius 3 is 2.65 bits per heavy atom. The van der Waals surface area contributed by atoms with E-state index >= 15 is 0 Å². The first-order valence-corrected chi connectivity index (χ1v) is 7.13. The van der Waals surface area contributed by atoms with Gasteiger partial charge in [0.05, 0.1) is 11.1 Å². The molecule has 0 spiro atoms. The van der Waals surface area contributed by atoms with Crippen molar-refractivity contribution in [2.24, 2.45) is 12.2 Å². The Morgan fingerprint density at radius 1 is 1.40 bits per heavy atom. The fourth-order valence-electron chi connectivity index (χ4n) is 1.63. The summed E-state index contributed by atoms with van der Waals surface area (Å²) in [5.41, 5.74) is 0.950. The standard InChI is InChI=1S/C11H13N5O3S/c1-7-3-4-8(5-10(7)20(12,18)19)13-11(17)9-6-16(2)15-14-9/h3-6H,1-2H3,(H,13,17)(H2,12,18,19). The number of primary sulfonamides is 1. The summed E-state index contributed by atoms with van der Waals surface area (Å²) in [6.45, 7) is 1.62. The number of carbonyl (C=O) groups excluding carboxylic acids is 1. The quantitative estimate of drug-likeness (QED) is 0.827. The number of carbonyl (C=O) groups is 1. The maximum atomic E-state index is 11.9. The van der Waals surface area contributed by atoms with Gasteiger partial charge in [0.15, 0.2) is 5.69 Å². The van der Waals surface area contributed by atoms with E-state index < -0.39 is 15.9 Å². The molecule has 0 aliphatic rings. The number of anilines is 1. The van der Waals surface area contributed by atoms with Crippen LogP contribution in [0.4, 0.5) is 5.69 Å². The van der Waals surface area contributed by atoms with Gasteiger partial charge in [-0.05, 0) is 24.6 Å². The molecule has 8 nitrogen and oxygen atoms in total. The van der Waals surface area contributed by atoms with E-state index in [1.54, 1.807) is 26.1 Å². The minimum atomic E-state index is -3.84. The maximum Gasteiger partial charge on any atom is 0.277 e. The molecule has 0 unspecified atom stereocenters. The minimum absolute atomic E-state index is 0.0329. The number of hydrogen-bond acceptors (Lipinski definition) is 5. The van der Waals surface area contributed by atoms with Crippen LogP contribution in [0.1, 0.15) is 16.1 Å². The first-order chi connectivity index (χ1) is 9.27. The van der Waals surface area contributed by atoms with E-state index in [4.69, 9.17) is 5.14 Å². The number of nitrogens with zero attached hydrogens (tertiary/aromatic N) is 3. The summed E-state index contributed by atoms with van der Waals surface area (Å²) in [5, 5.41) is 14.9. The van der Waals surface area contributed by atoms with E-state index in [2.05, 4.69) is 15.6 Å². The summed E-state index contributed by atoms with van der Waals surface area (Å²) in [4.78, 5) is 11.8. The van der Waals surface area contributed by atoms with Gasteiger partial charge in [0, 0.05) is 12.7 Å². The van der Waals surface area contributed by atoms with Gasteiger partial charge >= 0.3 is 0 Å². The number of aromatic nitrogens is 3. The first kappa shape index (κ1) is 14.2. The van der Waals surface area contributed by atoms with E-state index in [1.165, 1.54) is 16.9 Å². The number of aryl methyl sites for hydroxylation is 2. The minimum Gasteiger partial charge on any atom is -0.321 e. The van der Waals surface area contributed by atoms with Gasteiger partial charge in [-0.2, -0.15) is 0 Å². The van der Waals surface area contributed by atoms with Gasteiger partial charge in [0.1, 0.15) is 0 Å². The molecule has 2 rings (SSSR count). The van der Waals surface area contributed by atoms with Crippen LogP contribution in [0.15, 0.2) is 29.3 Å². The Hall–Kier alpha value is -2.26. The zero-order chi connectivity index (χ0) is 14.9. The van der Waals surface area contributed by atoms with Crippen LogP contribution in [-0.2, 0) is 17.1 Å². The summed E-state index contributed by atoms with van der Waals surface area (Å²) in [5.74, 6) is -0.484. The Bertz CT molecular complexity index is 766. The van der Waals surface area contributed by atoms with Crippen molar-refractivity contribution in [3.05, 3.63) is 35.7 Å². The van der Waals surface area contributed by atoms with Crippen LogP contribution in [0.3, 0.4) is 0 Å². The lowest BCUT2D eigenvalue weighted by Crippen LogP contribution is -2.16. The normalized spacial score (nSPS) is 11.3. The van der Waals surface area contributed by atoms with E-state index in [-0.39, 0.29) is 10.6 Å². The Morgan fingerprint density at radius 2 is 2.10 bits per heavy atom. The average molecular weight is 295 g/mol. The molecule has 0 atom stereocenters. The van der Waals surface area contributed by atoms with Gasteiger partial charge in [-0.3, -0.25) is 9.48 Å². The molecule has 0 saturated heterocycles. The molecule has 0 fully saturated rings. The molecule has 0 bridgehead atoms. The van der Waals surface area contributed by atoms with Gasteiger partial charge in [0.2, 0.25) is 10.0 Å². The van der Waals surface area contributed by atoms with Gasteiger partial charge in [0.25, 0.3) is 5.91 Å². The van der Waals surface area contributed by atoms with Crippen molar-refractivity contribution in [2.45, 2.75) is 11.8 Å². The number of nitrogens with one attached hydrogen (secondary N) is 1. The molecule has 0 radical (unpaired) electrons. The van der Waals surface area contributed by atoms with Crippen LogP contribution in [0.2, 0.25) is 0 Å². The third-order valence-electron chi connectivity index (χ3n) is 2.59. The summed E-state index contributed by atoms with van der Waals surface area (Å²) in [7, 11) is -2.20. The second kappa shape index (κ2) is 5.02. The summed E-state index contributed by atoms with van der Waals surface area (Å²) in [6, 6.07) is 4.45. The van der Waals surface area contributed by atoms with E-state index in [9.17, 15) is 13.2 Å². The molecule has 0 saturated carbocycles. The number of benzene rings is 1. The zero-order valence-electron chi connectivity index (χ0n) is 10.9. The third-order valence-corrected chi connectivity index (χ3v) is 3.64. The van der Waals surface area contributed by atoms with Crippen LogP contribution in [0.5, 0.6) is 0 Å². The third kappa shape index (κ3) is 3.00. The van der Waals surface area contributed by atoms with E-state index in [1.807, 2.05) is 0 Å². The molecule has 1 heterocycles. The number of nitrogens with two attached hydrogens (primary N) is 1. The van der Waals surface area contributed by atoms with Crippen molar-refractivity contribution in [2.75, 3.05) is 5.32 Å². The number of rotatable bonds is 3. The number of hydrogen-bond donors (Lipinski definition) is 2. The van der Waals surface area contributed by atoms with E-state index in [0.717, 1.165) is 0 Å². The lowest BCUT2D eigenvalue weighted by atomic mass is 10.2. The van der Waals surface area contributed by atoms with Gasteiger partial charge < -0.3 is 5.32 Å². The second-order valence-electron chi connectivity index (χ2n) is 4.26. The topological polar surface area (TPSA) is 120 Å². The molecule has 1 aromatic carbocycles. The Balaban J connectivity index is 2.29. The Kier molecular flexibility index (Phi) is 3.55. The molecule has 20 heavy (non-hydrogen) atoms. The van der Waals surface area contributed by atoms with Crippen LogP contribution >= 0.6 is 0 Å². The van der Waals surface area contributed by atoms with Crippen molar-refractivity contribution in [3.8, 4) is 0 Å². The van der Waals surface area contributed by atoms with Crippen molar-refractivity contribution < 1.29 is 13.2 Å². The number of sulfonamides is 1. The smallest absolute Gasteiger partial charge is 0.277 e. The average Bonchev–Trinajstić information content (AvgIpc) is 2.77. The molecule has 0 aliphatic carbocycles. The van der Waals surface area contributed by atoms with Crippen LogP contribution in [0.25, 0.3) is 0 Å². The zero-order valence-corrected chi connectivity index (χ0v) is 11.7. The predicted octanol–water partition coefficient (Wildman–Crippen LogP) is 0.0232. The molecule has 3 N–H and O–H groups in total. The molecule has 2 aromatic rings. The highest BCUT2D eigenvalue weighted by Gasteiger charge is 2.15. The highest BCUT2D eigenvalue weighted by Crippen LogP contribution is 2.19. The maximum absolute atomic E-state index is 11.9. The van der Waals surface area contributed by atoms with Gasteiger partial charge in [-0.15, -0.1) is 5.10 Å².